The first-order valence-electron chi connectivity index (χ1n) is 11.0. The van der Waals surface area contributed by atoms with Crippen molar-refractivity contribution >= 4 is 17.4 Å². The number of nitrogens with two attached hydrogens (primary N) is 1. The lowest BCUT2D eigenvalue weighted by atomic mass is 10.0. The van der Waals surface area contributed by atoms with Gasteiger partial charge in [0.15, 0.2) is 12.3 Å². The van der Waals surface area contributed by atoms with E-state index >= 15 is 0 Å². The Morgan fingerprint density at radius 3 is 2.70 bits per heavy atom. The number of amides is 1. The maximum absolute atomic E-state index is 13.2. The molecule has 33 heavy (non-hydrogen) atoms. The molecule has 0 atom stereocenters. The minimum Gasteiger partial charge on any atom is -0.484 e. The number of H-pyrrole nitrogens is 1. The second-order valence-corrected chi connectivity index (χ2v) is 8.07. The molecule has 9 heteroatoms. The molecule has 176 valence electrons. The van der Waals surface area contributed by atoms with Gasteiger partial charge in [0, 0.05) is 6.54 Å². The largest absolute Gasteiger partial charge is 0.484 e. The Hall–Kier alpha value is -3.75. The average molecular weight is 455 g/mol. The zero-order valence-corrected chi connectivity index (χ0v) is 19.2. The monoisotopic (exact) mass is 454 g/mol. The maximum Gasteiger partial charge on any atom is 0.330 e. The van der Waals surface area contributed by atoms with Crippen LogP contribution in [0, 0.1) is 0 Å². The lowest BCUT2D eigenvalue weighted by Gasteiger charge is -2.24. The van der Waals surface area contributed by atoms with E-state index in [1.807, 2.05) is 25.1 Å². The fraction of sp³-hybridized carbons (Fsp3) is 0.375. The van der Waals surface area contributed by atoms with Gasteiger partial charge in [0.25, 0.3) is 11.5 Å². The molecule has 3 N–H and O–H groups in total. The second kappa shape index (κ2) is 10.7. The molecule has 0 aliphatic heterocycles. The highest BCUT2D eigenvalue weighted by molar-refractivity contribution is 5.96. The van der Waals surface area contributed by atoms with Gasteiger partial charge in [-0.05, 0) is 42.2 Å². The quantitative estimate of drug-likeness (QED) is 0.485. The molecule has 2 heterocycles. The Morgan fingerprint density at radius 1 is 1.24 bits per heavy atom. The van der Waals surface area contributed by atoms with Crippen molar-refractivity contribution in [2.75, 3.05) is 17.2 Å². The van der Waals surface area contributed by atoms with Crippen LogP contribution >= 0.6 is 0 Å². The van der Waals surface area contributed by atoms with Gasteiger partial charge in [0.2, 0.25) is 0 Å². The summed E-state index contributed by atoms with van der Waals surface area (Å²) in [5.74, 6) is 0.734. The summed E-state index contributed by atoms with van der Waals surface area (Å²) in [6, 6.07) is 10.9. The number of rotatable bonds is 10. The van der Waals surface area contributed by atoms with Gasteiger partial charge >= 0.3 is 5.69 Å². The third-order valence-corrected chi connectivity index (χ3v) is 5.30. The third-order valence-electron chi connectivity index (χ3n) is 5.30. The molecular formula is C24H30N4O5. The van der Waals surface area contributed by atoms with E-state index in [1.54, 1.807) is 18.2 Å². The SMILES string of the molecule is CCCCn1c(N)c(N(Cc2ccco2)C(=O)COc2cccc(C(C)C)c2)c(=O)[nH]c1=O. The normalized spacial score (nSPS) is 11.0. The van der Waals surface area contributed by atoms with Crippen molar-refractivity contribution < 1.29 is 13.9 Å². The predicted octanol–water partition coefficient (Wildman–Crippen LogP) is 3.25. The molecular weight excluding hydrogens is 424 g/mol. The van der Waals surface area contributed by atoms with Gasteiger partial charge in [0.05, 0.1) is 12.8 Å². The molecule has 0 fully saturated rings. The zero-order valence-electron chi connectivity index (χ0n) is 19.2. The van der Waals surface area contributed by atoms with Crippen molar-refractivity contribution in [3.8, 4) is 5.75 Å². The lowest BCUT2D eigenvalue weighted by molar-refractivity contribution is -0.120. The average Bonchev–Trinajstić information content (AvgIpc) is 3.30. The Bertz CT molecular complexity index is 1190. The van der Waals surface area contributed by atoms with E-state index in [-0.39, 0.29) is 24.7 Å². The number of carbonyl (C=O) groups is 1. The summed E-state index contributed by atoms with van der Waals surface area (Å²) >= 11 is 0. The number of nitrogens with zero attached hydrogens (tertiary/aromatic N) is 2. The van der Waals surface area contributed by atoms with Gasteiger partial charge in [-0.1, -0.05) is 39.3 Å². The number of aromatic nitrogens is 2. The summed E-state index contributed by atoms with van der Waals surface area (Å²) in [6.07, 6.45) is 3.00. The summed E-state index contributed by atoms with van der Waals surface area (Å²) in [4.78, 5) is 41.8. The summed E-state index contributed by atoms with van der Waals surface area (Å²) in [5.41, 5.74) is 5.85. The maximum atomic E-state index is 13.2. The van der Waals surface area contributed by atoms with E-state index < -0.39 is 17.2 Å². The van der Waals surface area contributed by atoms with Gasteiger partial charge in [-0.3, -0.25) is 24.0 Å². The number of anilines is 2. The van der Waals surface area contributed by atoms with E-state index in [4.69, 9.17) is 14.9 Å². The van der Waals surface area contributed by atoms with E-state index in [0.29, 0.717) is 30.4 Å². The molecule has 9 nitrogen and oxygen atoms in total. The molecule has 0 unspecified atom stereocenters. The van der Waals surface area contributed by atoms with Crippen LogP contribution in [0.25, 0.3) is 0 Å². The summed E-state index contributed by atoms with van der Waals surface area (Å²) in [7, 11) is 0. The number of ether oxygens (including phenoxy) is 1. The first-order chi connectivity index (χ1) is 15.8. The van der Waals surface area contributed by atoms with Crippen molar-refractivity contribution in [1.82, 2.24) is 9.55 Å². The molecule has 0 bridgehead atoms. The van der Waals surface area contributed by atoms with Crippen LogP contribution in [0.3, 0.4) is 0 Å². The molecule has 0 saturated carbocycles. The number of unbranched alkanes of at least 4 members (excludes halogenated alkanes) is 1. The molecule has 0 spiro atoms. The number of hydrogen-bond acceptors (Lipinski definition) is 6. The topological polar surface area (TPSA) is 124 Å². The second-order valence-electron chi connectivity index (χ2n) is 8.07. The van der Waals surface area contributed by atoms with Gasteiger partial charge in [-0.15, -0.1) is 0 Å². The Kier molecular flexibility index (Phi) is 7.76. The zero-order chi connectivity index (χ0) is 24.0. The third kappa shape index (κ3) is 5.74. The number of nitrogen functional groups attached to an aromatic ring is 1. The first-order valence-corrected chi connectivity index (χ1v) is 11.0. The highest BCUT2D eigenvalue weighted by atomic mass is 16.5. The fourth-order valence-corrected chi connectivity index (χ4v) is 3.41. The number of aromatic amines is 1. The molecule has 0 saturated heterocycles. The number of furan rings is 1. The number of benzene rings is 1. The van der Waals surface area contributed by atoms with Crippen molar-refractivity contribution in [2.24, 2.45) is 0 Å². The Labute approximate surface area is 191 Å². The van der Waals surface area contributed by atoms with Crippen LogP contribution in [0.4, 0.5) is 11.5 Å². The van der Waals surface area contributed by atoms with Crippen molar-refractivity contribution in [3.05, 3.63) is 74.8 Å². The highest BCUT2D eigenvalue weighted by Crippen LogP contribution is 2.22. The molecule has 1 amide bonds. The molecule has 0 aliphatic carbocycles. The minimum atomic E-state index is -0.744. The van der Waals surface area contributed by atoms with Crippen LogP contribution in [0.5, 0.6) is 5.75 Å². The van der Waals surface area contributed by atoms with E-state index in [1.165, 1.54) is 15.7 Å². The van der Waals surface area contributed by atoms with Crippen LogP contribution in [-0.4, -0.2) is 22.1 Å². The van der Waals surface area contributed by atoms with E-state index in [9.17, 15) is 14.4 Å². The number of hydrogen-bond donors (Lipinski definition) is 2. The smallest absolute Gasteiger partial charge is 0.330 e. The Balaban J connectivity index is 1.94. The molecule has 0 radical (unpaired) electrons. The van der Waals surface area contributed by atoms with Gasteiger partial charge in [-0.2, -0.15) is 0 Å². The number of nitrogens with one attached hydrogen (secondary N) is 1. The van der Waals surface area contributed by atoms with Crippen molar-refractivity contribution in [2.45, 2.75) is 52.6 Å². The van der Waals surface area contributed by atoms with Crippen LogP contribution in [0.1, 0.15) is 50.9 Å². The molecule has 2 aromatic heterocycles. The molecule has 1 aromatic carbocycles. The van der Waals surface area contributed by atoms with Gasteiger partial charge in [-0.25, -0.2) is 4.79 Å². The van der Waals surface area contributed by atoms with Crippen molar-refractivity contribution in [1.29, 1.82) is 0 Å². The Morgan fingerprint density at radius 2 is 2.03 bits per heavy atom. The van der Waals surface area contributed by atoms with Crippen molar-refractivity contribution in [3.63, 3.8) is 0 Å². The summed E-state index contributed by atoms with van der Waals surface area (Å²) in [5, 5.41) is 0. The van der Waals surface area contributed by atoms with E-state index in [2.05, 4.69) is 18.8 Å². The van der Waals surface area contributed by atoms with Crippen LogP contribution in [0.2, 0.25) is 0 Å². The molecule has 3 aromatic rings. The van der Waals surface area contributed by atoms with E-state index in [0.717, 1.165) is 12.0 Å². The minimum absolute atomic E-state index is 0.0412. The van der Waals surface area contributed by atoms with Gasteiger partial charge < -0.3 is 14.9 Å². The summed E-state index contributed by atoms with van der Waals surface area (Å²) < 4.78 is 12.4. The van der Waals surface area contributed by atoms with Crippen LogP contribution in [-0.2, 0) is 17.9 Å². The molecule has 0 aliphatic rings. The number of carbonyl (C=O) groups excluding carboxylic acids is 1. The summed E-state index contributed by atoms with van der Waals surface area (Å²) in [6.45, 7) is 6.07. The standard InChI is InChI=1S/C24H30N4O5/c1-4-5-11-27-22(25)21(23(30)26-24(27)31)28(14-19-10-7-12-32-19)20(29)15-33-18-9-6-8-17(13-18)16(2)3/h6-10,12-13,16H,4-5,11,14-15,25H2,1-3H3,(H,26,30,31). The fourth-order valence-electron chi connectivity index (χ4n) is 3.41. The van der Waals surface area contributed by atoms with Gasteiger partial charge in [0.1, 0.15) is 17.3 Å². The highest BCUT2D eigenvalue weighted by Gasteiger charge is 2.26. The predicted molar refractivity (Wildman–Crippen MR) is 127 cm³/mol. The van der Waals surface area contributed by atoms with Crippen LogP contribution < -0.4 is 26.6 Å². The first kappa shape index (κ1) is 23.9. The lowest BCUT2D eigenvalue weighted by Crippen LogP contribution is -2.42. The van der Waals surface area contributed by atoms with Crippen LogP contribution in [0.15, 0.2) is 56.7 Å². The molecule has 3 rings (SSSR count).